The van der Waals surface area contributed by atoms with E-state index in [1.807, 2.05) is 30.3 Å². The lowest BCUT2D eigenvalue weighted by Gasteiger charge is -2.28. The highest BCUT2D eigenvalue weighted by molar-refractivity contribution is 7.88. The van der Waals surface area contributed by atoms with Crippen LogP contribution in [-0.4, -0.2) is 74.0 Å². The van der Waals surface area contributed by atoms with Crippen LogP contribution < -0.4 is 20.5 Å². The Bertz CT molecular complexity index is 1280. The molecule has 1 aliphatic rings. The number of sulfonamides is 1. The largest absolute Gasteiger partial charge is 0.496 e. The Hall–Kier alpha value is -3.97. The molecule has 1 fully saturated rings. The number of aliphatic carboxylic acids is 1. The van der Waals surface area contributed by atoms with Crippen LogP contribution in [0.15, 0.2) is 48.5 Å². The number of nitrogen functional groups attached to an aromatic ring is 1. The monoisotopic (exact) mass is 561 g/mol. The molecular weight excluding hydrogens is 526 g/mol. The van der Waals surface area contributed by atoms with E-state index in [1.54, 1.807) is 18.2 Å². The van der Waals surface area contributed by atoms with Crippen LogP contribution in [-0.2, 0) is 37.4 Å². The van der Waals surface area contributed by atoms with Crippen LogP contribution in [0.25, 0.3) is 0 Å². The second-order valence-corrected chi connectivity index (χ2v) is 10.8. The number of hydrogen-bond donors (Lipinski definition) is 5. The van der Waals surface area contributed by atoms with E-state index >= 15 is 0 Å². The second kappa shape index (κ2) is 14.3. The number of nitrogens with zero attached hydrogens (tertiary/aromatic N) is 1. The summed E-state index contributed by atoms with van der Waals surface area (Å²) in [6, 6.07) is 12.4. The number of benzene rings is 2. The molecule has 0 unspecified atom stereocenters. The molecule has 1 aliphatic heterocycles. The molecule has 0 spiro atoms. The number of carboxylic acids is 1. The summed E-state index contributed by atoms with van der Waals surface area (Å²) >= 11 is 0. The van der Waals surface area contributed by atoms with Crippen molar-refractivity contribution in [3.05, 3.63) is 65.2 Å². The Labute approximate surface area is 228 Å². The molecule has 1 saturated heterocycles. The van der Waals surface area contributed by atoms with Gasteiger partial charge in [0.05, 0.1) is 13.4 Å². The number of amidine groups is 1. The maximum absolute atomic E-state index is 13.4. The summed E-state index contributed by atoms with van der Waals surface area (Å²) in [6.07, 6.45) is 2.31. The van der Waals surface area contributed by atoms with E-state index in [2.05, 4.69) is 10.0 Å². The number of carboxylic acid groups (broad SMARTS) is 1. The number of hydrogen-bond acceptors (Lipinski definition) is 7. The molecule has 0 radical (unpaired) electrons. The first-order chi connectivity index (χ1) is 18.3. The standard InChI is InChI=1S/C24H31N5O5S.C2H4O2/c1-34-21-14-17(22(25)26)10-11-18(21)15-27-23(30)20-9-6-12-29(20)24(31)19(28-35(2,32)33)13-16-7-4-3-5-8-16;1-2(3)4/h3-5,7-8,10-11,14,19-20,28H,6,9,12-13,15H2,1-2H3,(H3,25,26)(H,27,30);1H3,(H,3,4)/t19-,20+;/m1./s1. The van der Waals surface area contributed by atoms with E-state index < -0.39 is 34.0 Å². The number of likely N-dealkylation sites (tertiary alicyclic amines) is 1. The number of methoxy groups -OCH3 is 1. The fourth-order valence-electron chi connectivity index (χ4n) is 4.15. The molecule has 2 amide bonds. The van der Waals surface area contributed by atoms with Gasteiger partial charge in [0.2, 0.25) is 21.8 Å². The number of carbonyl (C=O) groups excluding carboxylic acids is 2. The first-order valence-corrected chi connectivity index (χ1v) is 14.0. The summed E-state index contributed by atoms with van der Waals surface area (Å²) in [7, 11) is -2.17. The van der Waals surface area contributed by atoms with Gasteiger partial charge in [0.25, 0.3) is 5.97 Å². The van der Waals surface area contributed by atoms with Crippen molar-refractivity contribution >= 4 is 33.6 Å². The maximum atomic E-state index is 13.4. The van der Waals surface area contributed by atoms with E-state index in [0.717, 1.165) is 18.7 Å². The Morgan fingerprint density at radius 1 is 1.21 bits per heavy atom. The lowest BCUT2D eigenvalue weighted by molar-refractivity contribution is -0.139. The molecule has 39 heavy (non-hydrogen) atoms. The highest BCUT2D eigenvalue weighted by atomic mass is 32.2. The summed E-state index contributed by atoms with van der Waals surface area (Å²) in [5.41, 5.74) is 7.54. The smallest absolute Gasteiger partial charge is 0.300 e. The van der Waals surface area contributed by atoms with E-state index in [1.165, 1.54) is 12.0 Å². The maximum Gasteiger partial charge on any atom is 0.300 e. The third-order valence-corrected chi connectivity index (χ3v) is 6.54. The summed E-state index contributed by atoms with van der Waals surface area (Å²) in [5.74, 6) is -1.20. The summed E-state index contributed by atoms with van der Waals surface area (Å²) in [4.78, 5) is 36.9. The number of nitrogens with one attached hydrogen (secondary N) is 3. The summed E-state index contributed by atoms with van der Waals surface area (Å²) in [5, 5.41) is 17.8. The predicted molar refractivity (Wildman–Crippen MR) is 146 cm³/mol. The first kappa shape index (κ1) is 31.2. The summed E-state index contributed by atoms with van der Waals surface area (Å²) in [6.45, 7) is 1.61. The first-order valence-electron chi connectivity index (χ1n) is 12.1. The SMILES string of the molecule is CC(=O)O.COc1cc(C(=N)N)ccc1CNC(=O)[C@@H]1CCCN1C(=O)[C@@H](Cc1ccccc1)NS(C)(=O)=O. The van der Waals surface area contributed by atoms with Crippen molar-refractivity contribution in [2.24, 2.45) is 5.73 Å². The minimum Gasteiger partial charge on any atom is -0.496 e. The lowest BCUT2D eigenvalue weighted by atomic mass is 10.0. The molecule has 0 aliphatic carbocycles. The van der Waals surface area contributed by atoms with Gasteiger partial charge in [0, 0.05) is 31.1 Å². The third-order valence-electron chi connectivity index (χ3n) is 5.83. The molecule has 2 aromatic rings. The van der Waals surface area contributed by atoms with Gasteiger partial charge >= 0.3 is 0 Å². The zero-order valence-electron chi connectivity index (χ0n) is 22.1. The zero-order valence-corrected chi connectivity index (χ0v) is 23.0. The molecular formula is C26H35N5O7S. The van der Waals surface area contributed by atoms with Crippen LogP contribution in [0, 0.1) is 5.41 Å². The zero-order chi connectivity index (χ0) is 29.2. The number of carbonyl (C=O) groups is 3. The van der Waals surface area contributed by atoms with Crippen molar-refractivity contribution in [1.82, 2.24) is 14.9 Å². The van der Waals surface area contributed by atoms with Crippen LogP contribution in [0.1, 0.15) is 36.5 Å². The predicted octanol–water partition coefficient (Wildman–Crippen LogP) is 0.838. The van der Waals surface area contributed by atoms with Crippen LogP contribution >= 0.6 is 0 Å². The van der Waals surface area contributed by atoms with Gasteiger partial charge in [-0.05, 0) is 30.9 Å². The Morgan fingerprint density at radius 2 is 1.85 bits per heavy atom. The number of nitrogens with two attached hydrogens (primary N) is 1. The van der Waals surface area contributed by atoms with Gasteiger partial charge in [-0.3, -0.25) is 19.8 Å². The molecule has 2 atom stereocenters. The van der Waals surface area contributed by atoms with Gasteiger partial charge in [-0.25, -0.2) is 13.1 Å². The van der Waals surface area contributed by atoms with Crippen molar-refractivity contribution in [2.75, 3.05) is 19.9 Å². The van der Waals surface area contributed by atoms with Crippen LogP contribution in [0.2, 0.25) is 0 Å². The van der Waals surface area contributed by atoms with E-state index in [0.29, 0.717) is 36.3 Å². The molecule has 6 N–H and O–H groups in total. The van der Waals surface area contributed by atoms with Crippen LogP contribution in [0.3, 0.4) is 0 Å². The Balaban J connectivity index is 0.00000124. The van der Waals surface area contributed by atoms with Crippen LogP contribution in [0.5, 0.6) is 5.75 Å². The number of ether oxygens (including phenoxy) is 1. The minimum absolute atomic E-state index is 0.0910. The Morgan fingerprint density at radius 3 is 2.41 bits per heavy atom. The molecule has 2 aromatic carbocycles. The normalized spacial score (nSPS) is 15.5. The third kappa shape index (κ3) is 10.0. The van der Waals surface area contributed by atoms with Gasteiger partial charge in [-0.15, -0.1) is 0 Å². The highest BCUT2D eigenvalue weighted by Gasteiger charge is 2.38. The van der Waals surface area contributed by atoms with Crippen molar-refractivity contribution in [3.63, 3.8) is 0 Å². The van der Waals surface area contributed by atoms with E-state index in [4.69, 9.17) is 25.8 Å². The number of amides is 2. The molecule has 0 aromatic heterocycles. The van der Waals surface area contributed by atoms with Gasteiger partial charge in [-0.1, -0.05) is 42.5 Å². The topological polar surface area (TPSA) is 192 Å². The van der Waals surface area contributed by atoms with Crippen molar-refractivity contribution in [2.45, 2.75) is 44.8 Å². The number of rotatable bonds is 10. The second-order valence-electron chi connectivity index (χ2n) is 9.00. The fourth-order valence-corrected chi connectivity index (χ4v) is 4.85. The highest BCUT2D eigenvalue weighted by Crippen LogP contribution is 2.22. The van der Waals surface area contributed by atoms with Crippen molar-refractivity contribution < 1.29 is 32.6 Å². The van der Waals surface area contributed by atoms with Crippen LogP contribution in [0.4, 0.5) is 0 Å². The average Bonchev–Trinajstić information content (AvgIpc) is 3.36. The Kier molecular flexibility index (Phi) is 11.4. The van der Waals surface area contributed by atoms with Gasteiger partial charge in [0.1, 0.15) is 23.7 Å². The van der Waals surface area contributed by atoms with Gasteiger partial charge < -0.3 is 25.8 Å². The molecule has 13 heteroatoms. The van der Waals surface area contributed by atoms with E-state index in [9.17, 15) is 18.0 Å². The summed E-state index contributed by atoms with van der Waals surface area (Å²) < 4.78 is 31.7. The average molecular weight is 562 g/mol. The molecule has 212 valence electrons. The fraction of sp³-hybridized carbons (Fsp3) is 0.385. The van der Waals surface area contributed by atoms with E-state index in [-0.39, 0.29) is 24.7 Å². The van der Waals surface area contributed by atoms with Gasteiger partial charge in [0.15, 0.2) is 0 Å². The molecule has 1 heterocycles. The lowest BCUT2D eigenvalue weighted by Crippen LogP contribution is -2.54. The molecule has 12 nitrogen and oxygen atoms in total. The molecule has 0 bridgehead atoms. The van der Waals surface area contributed by atoms with Gasteiger partial charge in [-0.2, -0.15) is 0 Å². The molecule has 3 rings (SSSR count). The van der Waals surface area contributed by atoms with Crippen molar-refractivity contribution in [3.8, 4) is 5.75 Å². The van der Waals surface area contributed by atoms with Crippen molar-refractivity contribution in [1.29, 1.82) is 5.41 Å². The minimum atomic E-state index is -3.66. The molecule has 0 saturated carbocycles. The quantitative estimate of drug-likeness (QED) is 0.208.